The van der Waals surface area contributed by atoms with Gasteiger partial charge in [0.05, 0.1) is 11.5 Å². The van der Waals surface area contributed by atoms with Gasteiger partial charge in [0.25, 0.3) is 0 Å². The summed E-state index contributed by atoms with van der Waals surface area (Å²) in [5.41, 5.74) is 0. The average molecular weight is 507 g/mol. The third-order valence-electron chi connectivity index (χ3n) is 4.76. The molecule has 2 aliphatic heterocycles. The van der Waals surface area contributed by atoms with E-state index in [-0.39, 0.29) is 41.7 Å². The zero-order valence-corrected chi connectivity index (χ0v) is 19.1. The van der Waals surface area contributed by atoms with Crippen molar-refractivity contribution in [1.82, 2.24) is 15.6 Å². The van der Waals surface area contributed by atoms with E-state index >= 15 is 0 Å². The van der Waals surface area contributed by atoms with Gasteiger partial charge in [0.1, 0.15) is 5.82 Å². The van der Waals surface area contributed by atoms with Crippen LogP contribution in [-0.2, 0) is 9.84 Å². The monoisotopic (exact) mass is 507 g/mol. The SMILES string of the molecule is CC(C)NC(=NCC1CCS(=O)(=O)C1)NC1CCN(c2ccccn2)C1.I. The molecule has 2 saturated heterocycles. The normalized spacial score (nSPS) is 24.7. The molecule has 0 aromatic carbocycles. The van der Waals surface area contributed by atoms with E-state index in [1.807, 2.05) is 24.4 Å². The van der Waals surface area contributed by atoms with Crippen LogP contribution in [0.25, 0.3) is 0 Å². The van der Waals surface area contributed by atoms with Crippen LogP contribution < -0.4 is 15.5 Å². The highest BCUT2D eigenvalue weighted by Crippen LogP contribution is 2.19. The Hall–Kier alpha value is -1.10. The zero-order chi connectivity index (χ0) is 18.6. The van der Waals surface area contributed by atoms with Crippen LogP contribution in [-0.4, -0.2) is 62.6 Å². The fourth-order valence-electron chi connectivity index (χ4n) is 3.46. The van der Waals surface area contributed by atoms with E-state index in [4.69, 9.17) is 0 Å². The number of nitrogens with one attached hydrogen (secondary N) is 2. The fraction of sp³-hybridized carbons (Fsp3) is 0.667. The minimum absolute atomic E-state index is 0. The number of aliphatic imine (C=N–C) groups is 1. The van der Waals surface area contributed by atoms with E-state index < -0.39 is 9.84 Å². The number of aromatic nitrogens is 1. The Morgan fingerprint density at radius 3 is 2.81 bits per heavy atom. The van der Waals surface area contributed by atoms with Gasteiger partial charge >= 0.3 is 0 Å². The molecular formula is C18H30IN5O2S. The lowest BCUT2D eigenvalue weighted by Gasteiger charge is -2.21. The largest absolute Gasteiger partial charge is 0.354 e. The molecule has 2 atom stereocenters. The second kappa shape index (κ2) is 9.90. The molecule has 0 amide bonds. The highest BCUT2D eigenvalue weighted by atomic mass is 127. The Kier molecular flexibility index (Phi) is 8.14. The van der Waals surface area contributed by atoms with Gasteiger partial charge in [-0.15, -0.1) is 24.0 Å². The van der Waals surface area contributed by atoms with Crippen molar-refractivity contribution >= 4 is 45.6 Å². The standard InChI is InChI=1S/C18H29N5O2S.HI/c1-14(2)21-18(20-11-15-7-10-26(24,25)13-15)22-16-6-9-23(12-16)17-5-3-4-8-19-17;/h3-5,8,14-16H,6-7,9-13H2,1-2H3,(H2,20,21,22);1H. The fourth-order valence-corrected chi connectivity index (χ4v) is 5.31. The van der Waals surface area contributed by atoms with Crippen LogP contribution >= 0.6 is 24.0 Å². The van der Waals surface area contributed by atoms with Crippen molar-refractivity contribution in [2.45, 2.75) is 38.8 Å². The Morgan fingerprint density at radius 2 is 2.19 bits per heavy atom. The molecule has 152 valence electrons. The van der Waals surface area contributed by atoms with E-state index in [2.05, 4.69) is 39.4 Å². The summed E-state index contributed by atoms with van der Waals surface area (Å²) < 4.78 is 23.2. The van der Waals surface area contributed by atoms with Crippen LogP contribution in [0.15, 0.2) is 29.4 Å². The molecule has 0 saturated carbocycles. The van der Waals surface area contributed by atoms with E-state index in [1.165, 1.54) is 0 Å². The molecule has 2 unspecified atom stereocenters. The molecular weight excluding hydrogens is 477 g/mol. The first-order chi connectivity index (χ1) is 12.4. The Labute approximate surface area is 179 Å². The lowest BCUT2D eigenvalue weighted by molar-refractivity contribution is 0.581. The summed E-state index contributed by atoms with van der Waals surface area (Å²) in [4.78, 5) is 11.4. The molecule has 3 heterocycles. The Balaban J connectivity index is 0.00000261. The Morgan fingerprint density at radius 1 is 1.37 bits per heavy atom. The third kappa shape index (κ3) is 6.78. The van der Waals surface area contributed by atoms with Gasteiger partial charge in [-0.05, 0) is 44.7 Å². The van der Waals surface area contributed by atoms with Gasteiger partial charge in [0.2, 0.25) is 0 Å². The lowest BCUT2D eigenvalue weighted by Crippen LogP contribution is -2.47. The van der Waals surface area contributed by atoms with E-state index in [9.17, 15) is 8.42 Å². The van der Waals surface area contributed by atoms with Crippen LogP contribution in [0.5, 0.6) is 0 Å². The molecule has 3 rings (SSSR count). The Bertz CT molecular complexity index is 727. The van der Waals surface area contributed by atoms with Crippen molar-refractivity contribution in [1.29, 1.82) is 0 Å². The summed E-state index contributed by atoms with van der Waals surface area (Å²) in [6, 6.07) is 6.53. The summed E-state index contributed by atoms with van der Waals surface area (Å²) in [5, 5.41) is 6.87. The van der Waals surface area contributed by atoms with Gasteiger partial charge in [-0.2, -0.15) is 0 Å². The molecule has 0 bridgehead atoms. The number of hydrogen-bond donors (Lipinski definition) is 2. The van der Waals surface area contributed by atoms with Crippen molar-refractivity contribution < 1.29 is 8.42 Å². The molecule has 9 heteroatoms. The summed E-state index contributed by atoms with van der Waals surface area (Å²) in [6.07, 6.45) is 3.56. The van der Waals surface area contributed by atoms with E-state index in [1.54, 1.807) is 0 Å². The summed E-state index contributed by atoms with van der Waals surface area (Å²) in [6.45, 7) is 6.55. The highest BCUT2D eigenvalue weighted by Gasteiger charge is 2.28. The van der Waals surface area contributed by atoms with Crippen molar-refractivity contribution in [3.63, 3.8) is 0 Å². The second-order valence-corrected chi connectivity index (χ2v) is 9.75. The quantitative estimate of drug-likeness (QED) is 0.358. The smallest absolute Gasteiger partial charge is 0.191 e. The van der Waals surface area contributed by atoms with Gasteiger partial charge in [0.15, 0.2) is 15.8 Å². The first-order valence-electron chi connectivity index (χ1n) is 9.35. The molecule has 7 nitrogen and oxygen atoms in total. The molecule has 2 fully saturated rings. The van der Waals surface area contributed by atoms with Gasteiger partial charge < -0.3 is 15.5 Å². The van der Waals surface area contributed by atoms with Gasteiger partial charge in [-0.3, -0.25) is 4.99 Å². The van der Waals surface area contributed by atoms with Crippen LogP contribution in [0.3, 0.4) is 0 Å². The van der Waals surface area contributed by atoms with Gasteiger partial charge in [-0.1, -0.05) is 6.07 Å². The van der Waals surface area contributed by atoms with Crippen LogP contribution in [0.2, 0.25) is 0 Å². The number of pyridine rings is 1. The van der Waals surface area contributed by atoms with Gasteiger partial charge in [-0.25, -0.2) is 13.4 Å². The van der Waals surface area contributed by atoms with Gasteiger partial charge in [0, 0.05) is 37.9 Å². The molecule has 0 aliphatic carbocycles. The number of nitrogens with zero attached hydrogens (tertiary/aromatic N) is 3. The van der Waals surface area contributed by atoms with E-state index in [0.29, 0.717) is 18.3 Å². The molecule has 1 aromatic heterocycles. The number of guanidine groups is 1. The predicted octanol–water partition coefficient (Wildman–Crippen LogP) is 1.66. The maximum Gasteiger partial charge on any atom is 0.191 e. The van der Waals surface area contributed by atoms with Crippen molar-refractivity contribution in [2.24, 2.45) is 10.9 Å². The molecule has 0 spiro atoms. The summed E-state index contributed by atoms with van der Waals surface area (Å²) in [7, 11) is -2.85. The number of hydrogen-bond acceptors (Lipinski definition) is 5. The zero-order valence-electron chi connectivity index (χ0n) is 16.0. The lowest BCUT2D eigenvalue weighted by atomic mass is 10.1. The van der Waals surface area contributed by atoms with Crippen LogP contribution in [0.1, 0.15) is 26.7 Å². The topological polar surface area (TPSA) is 86.7 Å². The van der Waals surface area contributed by atoms with E-state index in [0.717, 1.165) is 37.7 Å². The minimum Gasteiger partial charge on any atom is -0.354 e. The second-order valence-electron chi connectivity index (χ2n) is 7.52. The van der Waals surface area contributed by atoms with Crippen LogP contribution in [0.4, 0.5) is 5.82 Å². The average Bonchev–Trinajstić information content (AvgIpc) is 3.19. The number of halogens is 1. The molecule has 0 radical (unpaired) electrons. The summed E-state index contributed by atoms with van der Waals surface area (Å²) in [5.74, 6) is 2.48. The van der Waals surface area contributed by atoms with Crippen molar-refractivity contribution in [2.75, 3.05) is 36.0 Å². The maximum absolute atomic E-state index is 11.6. The first-order valence-corrected chi connectivity index (χ1v) is 11.2. The number of anilines is 1. The minimum atomic E-state index is -2.85. The summed E-state index contributed by atoms with van der Waals surface area (Å²) >= 11 is 0. The first kappa shape index (κ1) is 22.2. The predicted molar refractivity (Wildman–Crippen MR) is 121 cm³/mol. The van der Waals surface area contributed by atoms with Crippen molar-refractivity contribution in [3.05, 3.63) is 24.4 Å². The maximum atomic E-state index is 11.6. The highest BCUT2D eigenvalue weighted by molar-refractivity contribution is 14.0. The van der Waals surface area contributed by atoms with Crippen LogP contribution in [0, 0.1) is 5.92 Å². The number of sulfone groups is 1. The molecule has 1 aromatic rings. The third-order valence-corrected chi connectivity index (χ3v) is 6.60. The molecule has 2 N–H and O–H groups in total. The number of rotatable bonds is 5. The van der Waals surface area contributed by atoms with Crippen molar-refractivity contribution in [3.8, 4) is 0 Å². The molecule has 2 aliphatic rings. The molecule has 27 heavy (non-hydrogen) atoms.